The average molecular weight is 449 g/mol. The predicted molar refractivity (Wildman–Crippen MR) is 129 cm³/mol. The number of carbonyl (C=O) groups excluding carboxylic acids is 1. The topological polar surface area (TPSA) is 60.2 Å². The van der Waals surface area contributed by atoms with Crippen LogP contribution in [0.2, 0.25) is 0 Å². The zero-order valence-corrected chi connectivity index (χ0v) is 20.2. The van der Waals surface area contributed by atoms with Gasteiger partial charge in [0, 0.05) is 35.0 Å². The molecule has 166 valence electrons. The van der Waals surface area contributed by atoms with Gasteiger partial charge in [-0.25, -0.2) is 9.67 Å². The van der Waals surface area contributed by atoms with E-state index in [0.717, 1.165) is 33.6 Å². The Hall–Kier alpha value is -3.19. The van der Waals surface area contributed by atoms with Crippen LogP contribution in [0.1, 0.15) is 45.6 Å². The van der Waals surface area contributed by atoms with E-state index in [0.29, 0.717) is 12.1 Å². The molecule has 4 aromatic rings. The first-order chi connectivity index (χ1) is 15.3. The van der Waals surface area contributed by atoms with Gasteiger partial charge in [0.05, 0.1) is 30.0 Å². The van der Waals surface area contributed by atoms with E-state index in [1.807, 2.05) is 42.1 Å². The van der Waals surface area contributed by atoms with Crippen molar-refractivity contribution in [2.24, 2.45) is 0 Å². The Bertz CT molecular complexity index is 1270. The number of hydrogen-bond donors (Lipinski definition) is 0. The number of ether oxygens (including phenoxy) is 1. The maximum atomic E-state index is 13.6. The monoisotopic (exact) mass is 448 g/mol. The highest BCUT2D eigenvalue weighted by Gasteiger charge is 2.22. The van der Waals surface area contributed by atoms with Gasteiger partial charge in [-0.1, -0.05) is 12.1 Å². The molecule has 0 unspecified atom stereocenters. The van der Waals surface area contributed by atoms with E-state index in [4.69, 9.17) is 9.72 Å². The maximum Gasteiger partial charge on any atom is 0.254 e. The lowest BCUT2D eigenvalue weighted by molar-refractivity contribution is 0.0787. The Morgan fingerprint density at radius 3 is 2.50 bits per heavy atom. The SMILES string of the molecule is COc1ccc(CN(C)C(=O)c2cc(-c3cc(C)sc3C)nc3c2cnn3C(C)C)cc1. The van der Waals surface area contributed by atoms with Crippen molar-refractivity contribution in [1.29, 1.82) is 0 Å². The molecule has 0 N–H and O–H groups in total. The van der Waals surface area contributed by atoms with E-state index < -0.39 is 0 Å². The lowest BCUT2D eigenvalue weighted by Crippen LogP contribution is -2.26. The second-order valence-electron chi connectivity index (χ2n) is 8.31. The van der Waals surface area contributed by atoms with Gasteiger partial charge in [-0.15, -0.1) is 11.3 Å². The summed E-state index contributed by atoms with van der Waals surface area (Å²) in [5.41, 5.74) is 4.27. The van der Waals surface area contributed by atoms with Gasteiger partial charge in [-0.3, -0.25) is 4.79 Å². The molecule has 0 spiro atoms. The van der Waals surface area contributed by atoms with Gasteiger partial charge in [-0.2, -0.15) is 5.10 Å². The van der Waals surface area contributed by atoms with E-state index in [1.54, 1.807) is 29.5 Å². The number of rotatable bonds is 6. The van der Waals surface area contributed by atoms with E-state index >= 15 is 0 Å². The number of benzene rings is 1. The van der Waals surface area contributed by atoms with E-state index in [1.165, 1.54) is 9.75 Å². The van der Waals surface area contributed by atoms with Crippen molar-refractivity contribution in [3.8, 4) is 17.0 Å². The summed E-state index contributed by atoms with van der Waals surface area (Å²) in [4.78, 5) is 22.7. The van der Waals surface area contributed by atoms with Crippen LogP contribution in [0.3, 0.4) is 0 Å². The lowest BCUT2D eigenvalue weighted by atomic mass is 10.1. The molecule has 6 nitrogen and oxygen atoms in total. The Kier molecular flexibility index (Phi) is 6.02. The molecule has 0 bridgehead atoms. The van der Waals surface area contributed by atoms with Crippen LogP contribution in [-0.4, -0.2) is 39.7 Å². The van der Waals surface area contributed by atoms with Crippen LogP contribution in [0, 0.1) is 13.8 Å². The summed E-state index contributed by atoms with van der Waals surface area (Å²) in [5, 5.41) is 5.31. The van der Waals surface area contributed by atoms with Crippen molar-refractivity contribution < 1.29 is 9.53 Å². The van der Waals surface area contributed by atoms with Crippen LogP contribution in [-0.2, 0) is 6.54 Å². The van der Waals surface area contributed by atoms with Crippen molar-refractivity contribution in [3.05, 3.63) is 63.5 Å². The molecule has 3 heterocycles. The smallest absolute Gasteiger partial charge is 0.254 e. The number of carbonyl (C=O) groups is 1. The summed E-state index contributed by atoms with van der Waals surface area (Å²) >= 11 is 1.74. The van der Waals surface area contributed by atoms with E-state index in [9.17, 15) is 4.79 Å². The molecular weight excluding hydrogens is 420 g/mol. The molecule has 7 heteroatoms. The van der Waals surface area contributed by atoms with Crippen LogP contribution >= 0.6 is 11.3 Å². The number of methoxy groups -OCH3 is 1. The van der Waals surface area contributed by atoms with Gasteiger partial charge in [-0.05, 0) is 57.5 Å². The van der Waals surface area contributed by atoms with E-state index in [-0.39, 0.29) is 11.9 Å². The van der Waals surface area contributed by atoms with Crippen LogP contribution in [0.25, 0.3) is 22.3 Å². The largest absolute Gasteiger partial charge is 0.497 e. The van der Waals surface area contributed by atoms with Crippen LogP contribution in [0.15, 0.2) is 42.6 Å². The van der Waals surface area contributed by atoms with Crippen molar-refractivity contribution >= 4 is 28.3 Å². The first-order valence-corrected chi connectivity index (χ1v) is 11.4. The van der Waals surface area contributed by atoms with Gasteiger partial charge in [0.15, 0.2) is 5.65 Å². The van der Waals surface area contributed by atoms with Gasteiger partial charge < -0.3 is 9.64 Å². The van der Waals surface area contributed by atoms with Crippen LogP contribution in [0.5, 0.6) is 5.75 Å². The summed E-state index contributed by atoms with van der Waals surface area (Å²) in [7, 11) is 3.47. The summed E-state index contributed by atoms with van der Waals surface area (Å²) in [5.74, 6) is 0.744. The maximum absolute atomic E-state index is 13.6. The zero-order chi connectivity index (χ0) is 23.0. The van der Waals surface area contributed by atoms with Crippen molar-refractivity contribution in [3.63, 3.8) is 0 Å². The highest BCUT2D eigenvalue weighted by atomic mass is 32.1. The van der Waals surface area contributed by atoms with Gasteiger partial charge >= 0.3 is 0 Å². The summed E-state index contributed by atoms with van der Waals surface area (Å²) < 4.78 is 7.11. The fraction of sp³-hybridized carbons (Fsp3) is 0.320. The number of nitrogens with zero attached hydrogens (tertiary/aromatic N) is 4. The lowest BCUT2D eigenvalue weighted by Gasteiger charge is -2.19. The van der Waals surface area contributed by atoms with Crippen LogP contribution in [0.4, 0.5) is 0 Å². The summed E-state index contributed by atoms with van der Waals surface area (Å²) in [6, 6.07) is 12.0. The first-order valence-electron chi connectivity index (χ1n) is 10.6. The molecule has 0 saturated carbocycles. The molecule has 0 atom stereocenters. The third-order valence-electron chi connectivity index (χ3n) is 5.53. The molecule has 1 amide bonds. The molecular formula is C25H28N4O2S. The highest BCUT2D eigenvalue weighted by molar-refractivity contribution is 7.12. The molecule has 4 rings (SSSR count). The Labute approximate surface area is 192 Å². The number of hydrogen-bond acceptors (Lipinski definition) is 5. The van der Waals surface area contributed by atoms with Crippen molar-refractivity contribution in [2.45, 2.75) is 40.3 Å². The minimum atomic E-state index is -0.0534. The van der Waals surface area contributed by atoms with E-state index in [2.05, 4.69) is 38.9 Å². The number of amides is 1. The number of fused-ring (bicyclic) bond motifs is 1. The summed E-state index contributed by atoms with van der Waals surface area (Å²) in [6.45, 7) is 8.82. The van der Waals surface area contributed by atoms with Gasteiger partial charge in [0.1, 0.15) is 5.75 Å². The molecule has 0 aliphatic rings. The third kappa shape index (κ3) is 4.12. The first kappa shape index (κ1) is 22.0. The average Bonchev–Trinajstić information content (AvgIpc) is 3.35. The number of aryl methyl sites for hydroxylation is 2. The Morgan fingerprint density at radius 2 is 1.91 bits per heavy atom. The zero-order valence-electron chi connectivity index (χ0n) is 19.3. The third-order valence-corrected chi connectivity index (χ3v) is 6.49. The molecule has 0 aliphatic carbocycles. The minimum Gasteiger partial charge on any atom is -0.497 e. The fourth-order valence-corrected chi connectivity index (χ4v) is 4.81. The van der Waals surface area contributed by atoms with Crippen molar-refractivity contribution in [1.82, 2.24) is 19.7 Å². The predicted octanol–water partition coefficient (Wildman–Crippen LogP) is 5.64. The quantitative estimate of drug-likeness (QED) is 0.383. The second kappa shape index (κ2) is 8.74. The molecule has 32 heavy (non-hydrogen) atoms. The van der Waals surface area contributed by atoms with Crippen LogP contribution < -0.4 is 4.74 Å². The van der Waals surface area contributed by atoms with Crippen molar-refractivity contribution in [2.75, 3.05) is 14.2 Å². The number of aromatic nitrogens is 3. The molecule has 3 aromatic heterocycles. The Balaban J connectivity index is 1.77. The standard InChI is InChI=1S/C25H28N4O2S/c1-15(2)29-24-22(13-26-29)21(12-23(27-24)20-11-16(3)32-17(20)4)25(30)28(5)14-18-7-9-19(31-6)10-8-18/h7-13,15H,14H2,1-6H3. The fourth-order valence-electron chi connectivity index (χ4n) is 3.88. The molecule has 0 aliphatic heterocycles. The Morgan fingerprint density at radius 1 is 1.19 bits per heavy atom. The molecule has 0 saturated heterocycles. The number of thiophene rings is 1. The summed E-state index contributed by atoms with van der Waals surface area (Å²) in [6.07, 6.45) is 1.76. The molecule has 0 radical (unpaired) electrons. The second-order valence-corrected chi connectivity index (χ2v) is 9.77. The molecule has 1 aromatic carbocycles. The molecule has 0 fully saturated rings. The van der Waals surface area contributed by atoms with Gasteiger partial charge in [0.25, 0.3) is 5.91 Å². The highest BCUT2D eigenvalue weighted by Crippen LogP contribution is 2.33. The minimum absolute atomic E-state index is 0.0534. The van der Waals surface area contributed by atoms with Gasteiger partial charge in [0.2, 0.25) is 0 Å². The number of pyridine rings is 1. The normalized spacial score (nSPS) is 11.3.